The van der Waals surface area contributed by atoms with Gasteiger partial charge in [0.25, 0.3) is 0 Å². The summed E-state index contributed by atoms with van der Waals surface area (Å²) in [5, 5.41) is 15.6. The Bertz CT molecular complexity index is 216. The van der Waals surface area contributed by atoms with Crippen LogP contribution in [0.2, 0.25) is 0 Å². The maximum atomic E-state index is 10.3. The van der Waals surface area contributed by atoms with Gasteiger partial charge in [-0.3, -0.25) is 10.2 Å². The summed E-state index contributed by atoms with van der Waals surface area (Å²) in [5.41, 5.74) is 0.886. The highest BCUT2D eigenvalue weighted by molar-refractivity contribution is 5.95. The van der Waals surface area contributed by atoms with E-state index >= 15 is 0 Å². The van der Waals surface area contributed by atoms with Crippen LogP contribution in [0.4, 0.5) is 0 Å². The standard InChI is InChI=1S/C8H13NO3/c1-5(2)4-12-7(9)6(3)8(10)11/h4,6,9H,1-3H3,(H,10,11). The summed E-state index contributed by atoms with van der Waals surface area (Å²) >= 11 is 0. The summed E-state index contributed by atoms with van der Waals surface area (Å²) in [6, 6.07) is 0. The maximum absolute atomic E-state index is 10.3. The number of ether oxygens (including phenoxy) is 1. The van der Waals surface area contributed by atoms with E-state index in [1.54, 1.807) is 13.8 Å². The van der Waals surface area contributed by atoms with Crippen molar-refractivity contribution < 1.29 is 14.6 Å². The van der Waals surface area contributed by atoms with E-state index in [0.29, 0.717) is 0 Å². The Morgan fingerprint density at radius 2 is 2.08 bits per heavy atom. The molecule has 2 N–H and O–H groups in total. The fourth-order valence-electron chi connectivity index (χ4n) is 0.396. The van der Waals surface area contributed by atoms with Gasteiger partial charge in [0.2, 0.25) is 5.90 Å². The van der Waals surface area contributed by atoms with Crippen molar-refractivity contribution >= 4 is 11.9 Å². The smallest absolute Gasteiger partial charge is 0.315 e. The topological polar surface area (TPSA) is 70.4 Å². The van der Waals surface area contributed by atoms with Crippen molar-refractivity contribution in [2.45, 2.75) is 20.8 Å². The van der Waals surface area contributed by atoms with Crippen molar-refractivity contribution in [3.63, 3.8) is 0 Å². The minimum Gasteiger partial charge on any atom is -0.481 e. The number of aliphatic carboxylic acids is 1. The van der Waals surface area contributed by atoms with Gasteiger partial charge in [-0.1, -0.05) is 0 Å². The first-order valence-electron chi connectivity index (χ1n) is 3.56. The molecule has 0 aliphatic heterocycles. The molecule has 0 fully saturated rings. The molecule has 1 unspecified atom stereocenters. The first-order chi connectivity index (χ1) is 5.45. The molecule has 0 saturated carbocycles. The Morgan fingerprint density at radius 1 is 1.58 bits per heavy atom. The predicted molar refractivity (Wildman–Crippen MR) is 45.0 cm³/mol. The van der Waals surface area contributed by atoms with Gasteiger partial charge in [-0.05, 0) is 26.3 Å². The summed E-state index contributed by atoms with van der Waals surface area (Å²) in [7, 11) is 0. The molecular formula is C8H13NO3. The van der Waals surface area contributed by atoms with Gasteiger partial charge in [0, 0.05) is 0 Å². The molecule has 0 radical (unpaired) electrons. The Labute approximate surface area is 71.4 Å². The number of carboxylic acids is 1. The van der Waals surface area contributed by atoms with Crippen molar-refractivity contribution in [1.29, 1.82) is 5.41 Å². The zero-order valence-corrected chi connectivity index (χ0v) is 7.42. The van der Waals surface area contributed by atoms with Crippen LogP contribution in [0, 0.1) is 11.3 Å². The molecule has 0 aromatic rings. The number of nitrogens with one attached hydrogen (secondary N) is 1. The number of hydrogen-bond acceptors (Lipinski definition) is 3. The maximum Gasteiger partial charge on any atom is 0.315 e. The highest BCUT2D eigenvalue weighted by Gasteiger charge is 2.17. The quantitative estimate of drug-likeness (QED) is 0.385. The summed E-state index contributed by atoms with van der Waals surface area (Å²) in [5.74, 6) is -2.19. The van der Waals surface area contributed by atoms with Gasteiger partial charge in [0.05, 0.1) is 6.26 Å². The second-order valence-electron chi connectivity index (χ2n) is 2.74. The molecule has 0 spiro atoms. The van der Waals surface area contributed by atoms with E-state index in [0.717, 1.165) is 5.57 Å². The molecule has 0 aromatic heterocycles. The predicted octanol–water partition coefficient (Wildman–Crippen LogP) is 1.62. The molecule has 4 nitrogen and oxygen atoms in total. The average Bonchev–Trinajstić information content (AvgIpc) is 1.98. The lowest BCUT2D eigenvalue weighted by Gasteiger charge is -2.06. The zero-order chi connectivity index (χ0) is 9.72. The molecule has 0 amide bonds. The fraction of sp³-hybridized carbons (Fsp3) is 0.500. The first kappa shape index (κ1) is 10.7. The molecule has 0 aromatic carbocycles. The molecule has 0 bridgehead atoms. The van der Waals surface area contributed by atoms with Crippen LogP contribution in [0.25, 0.3) is 0 Å². The third kappa shape index (κ3) is 3.75. The Hall–Kier alpha value is -1.32. The number of allylic oxidation sites excluding steroid dienone is 1. The number of carboxylic acid groups (broad SMARTS) is 1. The molecular weight excluding hydrogens is 158 g/mol. The van der Waals surface area contributed by atoms with Gasteiger partial charge in [-0.15, -0.1) is 0 Å². The lowest BCUT2D eigenvalue weighted by molar-refractivity contribution is -0.139. The van der Waals surface area contributed by atoms with E-state index in [-0.39, 0.29) is 5.90 Å². The first-order valence-corrected chi connectivity index (χ1v) is 3.56. The van der Waals surface area contributed by atoms with Crippen LogP contribution in [0.5, 0.6) is 0 Å². The van der Waals surface area contributed by atoms with E-state index in [1.165, 1.54) is 13.2 Å². The summed E-state index contributed by atoms with van der Waals surface area (Å²) in [6.45, 7) is 5.01. The lowest BCUT2D eigenvalue weighted by Crippen LogP contribution is -2.20. The van der Waals surface area contributed by atoms with Crippen LogP contribution >= 0.6 is 0 Å². The SMILES string of the molecule is CC(C)=COC(=N)C(C)C(=O)O. The highest BCUT2D eigenvalue weighted by Crippen LogP contribution is 2.00. The van der Waals surface area contributed by atoms with Crippen molar-refractivity contribution in [1.82, 2.24) is 0 Å². The molecule has 1 atom stereocenters. The highest BCUT2D eigenvalue weighted by atomic mass is 16.5. The van der Waals surface area contributed by atoms with Gasteiger partial charge in [-0.2, -0.15) is 0 Å². The van der Waals surface area contributed by atoms with Crippen LogP contribution in [0.1, 0.15) is 20.8 Å². The molecule has 4 heteroatoms. The zero-order valence-electron chi connectivity index (χ0n) is 7.42. The molecule has 0 aliphatic carbocycles. The Morgan fingerprint density at radius 3 is 2.42 bits per heavy atom. The normalized spacial score (nSPS) is 11.6. The largest absolute Gasteiger partial charge is 0.481 e. The molecule has 68 valence electrons. The van der Waals surface area contributed by atoms with Crippen LogP contribution in [0.3, 0.4) is 0 Å². The van der Waals surface area contributed by atoms with Gasteiger partial charge in [-0.25, -0.2) is 0 Å². The monoisotopic (exact) mass is 171 g/mol. The van der Waals surface area contributed by atoms with Crippen molar-refractivity contribution in [2.75, 3.05) is 0 Å². The Kier molecular flexibility index (Phi) is 4.04. The van der Waals surface area contributed by atoms with Crippen LogP contribution < -0.4 is 0 Å². The summed E-state index contributed by atoms with van der Waals surface area (Å²) in [6.07, 6.45) is 1.36. The molecule has 0 rings (SSSR count). The minimum absolute atomic E-state index is 0.247. The third-order valence-corrected chi connectivity index (χ3v) is 1.19. The van der Waals surface area contributed by atoms with Crippen molar-refractivity contribution in [3.8, 4) is 0 Å². The van der Waals surface area contributed by atoms with Crippen LogP contribution in [-0.2, 0) is 9.53 Å². The van der Waals surface area contributed by atoms with E-state index in [9.17, 15) is 4.79 Å². The van der Waals surface area contributed by atoms with Crippen molar-refractivity contribution in [3.05, 3.63) is 11.8 Å². The number of hydrogen-bond donors (Lipinski definition) is 2. The Balaban J connectivity index is 4.05. The second-order valence-corrected chi connectivity index (χ2v) is 2.74. The third-order valence-electron chi connectivity index (χ3n) is 1.19. The van der Waals surface area contributed by atoms with Crippen LogP contribution in [-0.4, -0.2) is 17.0 Å². The molecule has 0 heterocycles. The van der Waals surface area contributed by atoms with E-state index in [2.05, 4.69) is 0 Å². The van der Waals surface area contributed by atoms with E-state index < -0.39 is 11.9 Å². The van der Waals surface area contributed by atoms with E-state index in [1.807, 2.05) is 0 Å². The lowest BCUT2D eigenvalue weighted by atomic mass is 10.2. The fourth-order valence-corrected chi connectivity index (χ4v) is 0.396. The number of carbonyl (C=O) groups is 1. The molecule has 12 heavy (non-hydrogen) atoms. The van der Waals surface area contributed by atoms with Gasteiger partial charge in [0.15, 0.2) is 0 Å². The second kappa shape index (κ2) is 4.54. The number of rotatable bonds is 3. The summed E-state index contributed by atoms with van der Waals surface area (Å²) in [4.78, 5) is 10.3. The van der Waals surface area contributed by atoms with Crippen molar-refractivity contribution in [2.24, 2.45) is 5.92 Å². The minimum atomic E-state index is -1.05. The average molecular weight is 171 g/mol. The van der Waals surface area contributed by atoms with E-state index in [4.69, 9.17) is 15.3 Å². The van der Waals surface area contributed by atoms with Gasteiger partial charge >= 0.3 is 5.97 Å². The molecule has 0 aliphatic rings. The molecule has 0 saturated heterocycles. The van der Waals surface area contributed by atoms with Crippen LogP contribution in [0.15, 0.2) is 11.8 Å². The van der Waals surface area contributed by atoms with Gasteiger partial charge in [0.1, 0.15) is 5.92 Å². The van der Waals surface area contributed by atoms with Gasteiger partial charge < -0.3 is 9.84 Å². The summed E-state index contributed by atoms with van der Waals surface area (Å²) < 4.78 is 4.77.